The summed E-state index contributed by atoms with van der Waals surface area (Å²) in [6, 6.07) is 0. The number of carbonyl (C=O) groups excluding carboxylic acids is 2. The average molecular weight is 412 g/mol. The van der Waals surface area contributed by atoms with E-state index >= 15 is 8.78 Å². The molecule has 0 amide bonds. The Hall–Kier alpha value is -1.05. The van der Waals surface area contributed by atoms with Gasteiger partial charge >= 0.3 is 0 Å². The zero-order valence-electron chi connectivity index (χ0n) is 16.2. The predicted molar refractivity (Wildman–Crippen MR) is 102 cm³/mol. The molecule has 0 spiro atoms. The molecule has 0 bridgehead atoms. The Balaban J connectivity index is 1.91. The standard InChI is InChI=1S/C21H26F2O4S/c1-10-6-12-13-8-15(22)14-7-11(24)4-5-18(14,2)20(13,23)16(25)9-19(12,3)21(10,27)17(26)28/h4-5,10,12-13,16,25,27H,6-9H2,1-3H3,(H,26,28)/t10-,12?,13?,16+,18?,19?,20+,21+/m1/s1. The van der Waals surface area contributed by atoms with Gasteiger partial charge in [0.25, 0.3) is 0 Å². The first-order valence-corrected chi connectivity index (χ1v) is 10.2. The van der Waals surface area contributed by atoms with Crippen molar-refractivity contribution in [3.63, 3.8) is 0 Å². The molecule has 4 aliphatic carbocycles. The molecular formula is C21H26F2O4S. The van der Waals surface area contributed by atoms with Gasteiger partial charge in [0.05, 0.1) is 6.10 Å². The van der Waals surface area contributed by atoms with Crippen molar-refractivity contribution >= 4 is 23.5 Å². The second-order valence-electron chi connectivity index (χ2n) is 9.59. The molecule has 4 unspecified atom stereocenters. The number of carbonyl (C=O) groups is 2. The van der Waals surface area contributed by atoms with E-state index in [9.17, 15) is 19.8 Å². The molecule has 154 valence electrons. The van der Waals surface area contributed by atoms with E-state index in [-0.39, 0.29) is 30.6 Å². The summed E-state index contributed by atoms with van der Waals surface area (Å²) in [5.74, 6) is -2.73. The lowest BCUT2D eigenvalue weighted by atomic mass is 9.45. The molecule has 8 atom stereocenters. The maximum Gasteiger partial charge on any atom is 0.218 e. The van der Waals surface area contributed by atoms with Crippen molar-refractivity contribution in [2.24, 2.45) is 28.6 Å². The quantitative estimate of drug-likeness (QED) is 0.579. The Morgan fingerprint density at radius 3 is 2.57 bits per heavy atom. The lowest BCUT2D eigenvalue weighted by molar-refractivity contribution is -0.213. The summed E-state index contributed by atoms with van der Waals surface area (Å²) >= 11 is 3.90. The number of ketones is 1. The molecule has 4 aliphatic rings. The van der Waals surface area contributed by atoms with Crippen LogP contribution in [0.25, 0.3) is 0 Å². The highest BCUT2D eigenvalue weighted by Gasteiger charge is 2.75. The first-order valence-electron chi connectivity index (χ1n) is 9.76. The molecule has 4 rings (SSSR count). The molecule has 0 saturated heterocycles. The average Bonchev–Trinajstić information content (AvgIpc) is 2.81. The third kappa shape index (κ3) is 2.03. The summed E-state index contributed by atoms with van der Waals surface area (Å²) in [6.45, 7) is 4.93. The number of thiol groups is 1. The van der Waals surface area contributed by atoms with E-state index in [2.05, 4.69) is 12.6 Å². The Kier molecular flexibility index (Phi) is 4.16. The molecule has 2 saturated carbocycles. The van der Waals surface area contributed by atoms with Gasteiger partial charge in [-0.1, -0.05) is 19.9 Å². The summed E-state index contributed by atoms with van der Waals surface area (Å²) in [7, 11) is 0. The minimum atomic E-state index is -2.19. The number of alkyl halides is 1. The molecule has 0 radical (unpaired) electrons. The molecule has 2 N–H and O–H groups in total. The van der Waals surface area contributed by atoms with Gasteiger partial charge in [0.2, 0.25) is 5.12 Å². The van der Waals surface area contributed by atoms with E-state index in [0.717, 1.165) is 0 Å². The highest BCUT2D eigenvalue weighted by atomic mass is 32.1. The number of halogens is 2. The number of aliphatic hydroxyl groups excluding tert-OH is 1. The molecule has 7 heteroatoms. The largest absolute Gasteiger partial charge is 0.390 e. The lowest BCUT2D eigenvalue weighted by Gasteiger charge is -2.62. The first kappa shape index (κ1) is 20.2. The van der Waals surface area contributed by atoms with Crippen LogP contribution in [0.15, 0.2) is 23.6 Å². The molecule has 0 heterocycles. The third-order valence-corrected chi connectivity index (χ3v) is 8.91. The number of rotatable bonds is 1. The van der Waals surface area contributed by atoms with Gasteiger partial charge in [0, 0.05) is 29.6 Å². The second kappa shape index (κ2) is 5.76. The van der Waals surface area contributed by atoms with Crippen LogP contribution < -0.4 is 0 Å². The van der Waals surface area contributed by atoms with Crippen molar-refractivity contribution in [1.29, 1.82) is 0 Å². The van der Waals surface area contributed by atoms with Crippen LogP contribution in [0.1, 0.15) is 46.5 Å². The highest BCUT2D eigenvalue weighted by Crippen LogP contribution is 2.71. The van der Waals surface area contributed by atoms with Crippen molar-refractivity contribution in [1.82, 2.24) is 0 Å². The fourth-order valence-electron chi connectivity index (χ4n) is 6.97. The van der Waals surface area contributed by atoms with E-state index in [1.807, 2.05) is 0 Å². The number of aliphatic hydroxyl groups is 2. The molecule has 0 aliphatic heterocycles. The van der Waals surface area contributed by atoms with Crippen molar-refractivity contribution < 1.29 is 28.6 Å². The summed E-state index contributed by atoms with van der Waals surface area (Å²) in [5, 5.41) is 21.6. The molecule has 0 aromatic rings. The first-order chi connectivity index (χ1) is 12.8. The maximum absolute atomic E-state index is 16.8. The molecule has 2 fully saturated rings. The third-order valence-electron chi connectivity index (χ3n) is 8.57. The topological polar surface area (TPSA) is 74.6 Å². The Labute approximate surface area is 168 Å². The summed E-state index contributed by atoms with van der Waals surface area (Å²) in [6.07, 6.45) is 0.902. The van der Waals surface area contributed by atoms with E-state index in [1.165, 1.54) is 19.1 Å². The minimum absolute atomic E-state index is 0.105. The van der Waals surface area contributed by atoms with Crippen molar-refractivity contribution in [3.8, 4) is 0 Å². The van der Waals surface area contributed by atoms with Crippen LogP contribution >= 0.6 is 12.6 Å². The normalized spacial score (nSPS) is 52.9. The van der Waals surface area contributed by atoms with Crippen LogP contribution in [-0.2, 0) is 9.59 Å². The molecular weight excluding hydrogens is 386 g/mol. The van der Waals surface area contributed by atoms with Gasteiger partial charge < -0.3 is 10.2 Å². The highest BCUT2D eigenvalue weighted by molar-refractivity contribution is 7.96. The van der Waals surface area contributed by atoms with Gasteiger partial charge in [-0.05, 0) is 43.3 Å². The number of hydrogen-bond acceptors (Lipinski definition) is 4. The summed E-state index contributed by atoms with van der Waals surface area (Å²) in [4.78, 5) is 24.1. The second-order valence-corrected chi connectivity index (χ2v) is 10.00. The van der Waals surface area contributed by atoms with E-state index in [4.69, 9.17) is 0 Å². The van der Waals surface area contributed by atoms with Crippen LogP contribution in [0.5, 0.6) is 0 Å². The zero-order valence-corrected chi connectivity index (χ0v) is 17.1. The fraction of sp³-hybridized carbons (Fsp3) is 0.714. The number of fused-ring (bicyclic) bond motifs is 5. The van der Waals surface area contributed by atoms with Crippen molar-refractivity contribution in [2.45, 2.75) is 63.8 Å². The summed E-state index contributed by atoms with van der Waals surface area (Å²) in [5.41, 5.74) is -6.46. The predicted octanol–water partition coefficient (Wildman–Crippen LogP) is 3.09. The van der Waals surface area contributed by atoms with E-state index < -0.39 is 56.9 Å². The zero-order chi connectivity index (χ0) is 20.9. The summed E-state index contributed by atoms with van der Waals surface area (Å²) < 4.78 is 32.0. The fourth-order valence-corrected chi connectivity index (χ4v) is 7.45. The van der Waals surface area contributed by atoms with Gasteiger partial charge in [0.1, 0.15) is 11.4 Å². The van der Waals surface area contributed by atoms with Gasteiger partial charge in [-0.15, -0.1) is 12.6 Å². The monoisotopic (exact) mass is 412 g/mol. The van der Waals surface area contributed by atoms with Crippen LogP contribution in [-0.4, -0.2) is 38.5 Å². The Bertz CT molecular complexity index is 840. The van der Waals surface area contributed by atoms with Gasteiger partial charge in [-0.2, -0.15) is 0 Å². The van der Waals surface area contributed by atoms with Crippen LogP contribution in [0.3, 0.4) is 0 Å². The molecule has 0 aromatic heterocycles. The van der Waals surface area contributed by atoms with Crippen LogP contribution in [0.4, 0.5) is 8.78 Å². The van der Waals surface area contributed by atoms with Crippen LogP contribution in [0.2, 0.25) is 0 Å². The van der Waals surface area contributed by atoms with Gasteiger partial charge in [-0.25, -0.2) is 8.78 Å². The maximum atomic E-state index is 16.8. The number of hydrogen-bond donors (Lipinski definition) is 3. The van der Waals surface area contributed by atoms with Gasteiger partial charge in [-0.3, -0.25) is 9.59 Å². The van der Waals surface area contributed by atoms with Gasteiger partial charge in [0.15, 0.2) is 11.5 Å². The van der Waals surface area contributed by atoms with E-state index in [0.29, 0.717) is 6.42 Å². The van der Waals surface area contributed by atoms with E-state index in [1.54, 1.807) is 13.8 Å². The molecule has 0 aromatic carbocycles. The minimum Gasteiger partial charge on any atom is -0.390 e. The van der Waals surface area contributed by atoms with Crippen molar-refractivity contribution in [2.75, 3.05) is 0 Å². The molecule has 4 nitrogen and oxygen atoms in total. The molecule has 28 heavy (non-hydrogen) atoms. The smallest absolute Gasteiger partial charge is 0.218 e. The SMILES string of the molecule is C[C@@H]1CC2C3CC(F)=C4CC(=O)C=CC4(C)[C@@]3(F)[C@@H](O)CC2(C)[C@@]1(O)C(=O)S. The lowest BCUT2D eigenvalue weighted by Crippen LogP contribution is -2.69. The van der Waals surface area contributed by atoms with Crippen molar-refractivity contribution in [3.05, 3.63) is 23.6 Å². The van der Waals surface area contributed by atoms with Crippen LogP contribution in [0, 0.1) is 28.6 Å². The Morgan fingerprint density at radius 1 is 1.32 bits per heavy atom. The number of allylic oxidation sites excluding steroid dienone is 4. The Morgan fingerprint density at radius 2 is 1.96 bits per heavy atom.